The fourth-order valence-corrected chi connectivity index (χ4v) is 4.33. The lowest BCUT2D eigenvalue weighted by atomic mass is 9.93. The average Bonchev–Trinajstić information content (AvgIpc) is 3.37. The zero-order valence-electron chi connectivity index (χ0n) is 16.4. The van der Waals surface area contributed by atoms with E-state index in [0.717, 1.165) is 40.9 Å². The largest absolute Gasteiger partial charge is 0.369 e. The van der Waals surface area contributed by atoms with Crippen molar-refractivity contribution in [1.29, 1.82) is 0 Å². The SMILES string of the molecule is Cc1nc(Nc2ncc(-c3ccncc3)s2)cc(N2CC[C@@H](C(C)C(N)=O)C2)n1. The van der Waals surface area contributed by atoms with Crippen molar-refractivity contribution in [3.8, 4) is 10.4 Å². The van der Waals surface area contributed by atoms with Gasteiger partial charge in [0.05, 0.1) is 4.88 Å². The Morgan fingerprint density at radius 2 is 2.14 bits per heavy atom. The molecule has 1 unspecified atom stereocenters. The molecule has 0 bridgehead atoms. The van der Waals surface area contributed by atoms with Gasteiger partial charge in [0.2, 0.25) is 5.91 Å². The van der Waals surface area contributed by atoms with Crippen LogP contribution in [-0.2, 0) is 4.79 Å². The molecule has 4 heterocycles. The number of aromatic nitrogens is 4. The Morgan fingerprint density at radius 3 is 2.90 bits per heavy atom. The molecule has 3 N–H and O–H groups in total. The average molecular weight is 410 g/mol. The molecule has 3 aromatic heterocycles. The summed E-state index contributed by atoms with van der Waals surface area (Å²) in [6, 6.07) is 5.85. The van der Waals surface area contributed by atoms with Gasteiger partial charge in [-0.05, 0) is 37.0 Å². The number of primary amides is 1. The zero-order valence-corrected chi connectivity index (χ0v) is 17.2. The number of thiazole rings is 1. The van der Waals surface area contributed by atoms with Crippen LogP contribution in [0.1, 0.15) is 19.2 Å². The predicted octanol–water partition coefficient (Wildman–Crippen LogP) is 2.99. The number of anilines is 3. The summed E-state index contributed by atoms with van der Waals surface area (Å²) >= 11 is 1.56. The van der Waals surface area contributed by atoms with Crippen LogP contribution in [0.15, 0.2) is 36.8 Å². The molecule has 0 aromatic carbocycles. The van der Waals surface area contributed by atoms with E-state index in [1.54, 1.807) is 23.7 Å². The molecule has 0 radical (unpaired) electrons. The highest BCUT2D eigenvalue weighted by Crippen LogP contribution is 2.32. The minimum Gasteiger partial charge on any atom is -0.369 e. The lowest BCUT2D eigenvalue weighted by Gasteiger charge is -2.20. The lowest BCUT2D eigenvalue weighted by Crippen LogP contribution is -2.30. The van der Waals surface area contributed by atoms with Gasteiger partial charge in [0.25, 0.3) is 0 Å². The third kappa shape index (κ3) is 4.34. The third-order valence-electron chi connectivity index (χ3n) is 5.23. The van der Waals surface area contributed by atoms with Crippen LogP contribution in [0.5, 0.6) is 0 Å². The molecule has 4 rings (SSSR count). The van der Waals surface area contributed by atoms with Crippen LogP contribution in [0.3, 0.4) is 0 Å². The second-order valence-corrected chi connectivity index (χ2v) is 8.27. The lowest BCUT2D eigenvalue weighted by molar-refractivity contribution is -0.122. The normalized spacial score (nSPS) is 17.3. The predicted molar refractivity (Wildman–Crippen MR) is 114 cm³/mol. The molecule has 3 aromatic rings. The van der Waals surface area contributed by atoms with Crippen molar-refractivity contribution < 1.29 is 4.79 Å². The highest BCUT2D eigenvalue weighted by molar-refractivity contribution is 7.18. The van der Waals surface area contributed by atoms with Crippen molar-refractivity contribution in [3.63, 3.8) is 0 Å². The molecule has 0 saturated carbocycles. The highest BCUT2D eigenvalue weighted by atomic mass is 32.1. The molecule has 8 nitrogen and oxygen atoms in total. The van der Waals surface area contributed by atoms with E-state index in [4.69, 9.17) is 5.73 Å². The van der Waals surface area contributed by atoms with Gasteiger partial charge in [0.15, 0.2) is 5.13 Å². The number of aryl methyl sites for hydroxylation is 1. The summed E-state index contributed by atoms with van der Waals surface area (Å²) in [5.74, 6) is 2.11. The quantitative estimate of drug-likeness (QED) is 0.644. The van der Waals surface area contributed by atoms with E-state index in [-0.39, 0.29) is 17.7 Å². The van der Waals surface area contributed by atoms with Gasteiger partial charge in [0, 0.05) is 43.7 Å². The van der Waals surface area contributed by atoms with Crippen molar-refractivity contribution in [2.75, 3.05) is 23.3 Å². The van der Waals surface area contributed by atoms with Crippen molar-refractivity contribution in [1.82, 2.24) is 19.9 Å². The molecule has 1 fully saturated rings. The standard InChI is InChI=1S/C20H23N7OS/c1-12(19(21)28)15-5-8-27(11-15)18-9-17(24-13(2)25-18)26-20-23-10-16(29-20)14-3-6-22-7-4-14/h3-4,6-7,9-10,12,15H,5,8,11H2,1-2H3,(H2,21,28)(H,23,24,25,26)/t12?,15-/m1/s1. The maximum absolute atomic E-state index is 11.5. The number of carbonyl (C=O) groups excluding carboxylic acids is 1. The topological polar surface area (TPSA) is 110 Å². The van der Waals surface area contributed by atoms with E-state index >= 15 is 0 Å². The van der Waals surface area contributed by atoms with Crippen molar-refractivity contribution in [3.05, 3.63) is 42.6 Å². The van der Waals surface area contributed by atoms with E-state index in [1.807, 2.05) is 38.2 Å². The molecule has 150 valence electrons. The minimum atomic E-state index is -0.244. The summed E-state index contributed by atoms with van der Waals surface area (Å²) in [6.07, 6.45) is 6.31. The second kappa shape index (κ2) is 8.12. The number of rotatable bonds is 6. The Balaban J connectivity index is 1.50. The first-order valence-corrected chi connectivity index (χ1v) is 10.3. The monoisotopic (exact) mass is 409 g/mol. The van der Waals surface area contributed by atoms with Gasteiger partial charge >= 0.3 is 0 Å². The maximum atomic E-state index is 11.5. The summed E-state index contributed by atoms with van der Waals surface area (Å²) in [7, 11) is 0. The number of hydrogen-bond donors (Lipinski definition) is 2. The molecule has 1 amide bonds. The van der Waals surface area contributed by atoms with Crippen LogP contribution in [0.4, 0.5) is 16.8 Å². The molecule has 0 spiro atoms. The summed E-state index contributed by atoms with van der Waals surface area (Å²) < 4.78 is 0. The van der Waals surface area contributed by atoms with E-state index < -0.39 is 0 Å². The number of amides is 1. The number of carbonyl (C=O) groups is 1. The second-order valence-electron chi connectivity index (χ2n) is 7.23. The minimum absolute atomic E-state index is 0.137. The molecule has 2 atom stereocenters. The van der Waals surface area contributed by atoms with Crippen LogP contribution < -0.4 is 16.0 Å². The Hall–Kier alpha value is -3.07. The highest BCUT2D eigenvalue weighted by Gasteiger charge is 2.30. The van der Waals surface area contributed by atoms with Crippen LogP contribution >= 0.6 is 11.3 Å². The number of nitrogens with zero attached hydrogens (tertiary/aromatic N) is 5. The fourth-order valence-electron chi connectivity index (χ4n) is 3.50. The van der Waals surface area contributed by atoms with Gasteiger partial charge in [0.1, 0.15) is 17.5 Å². The Kier molecular flexibility index (Phi) is 5.39. The van der Waals surface area contributed by atoms with Gasteiger partial charge in [-0.25, -0.2) is 15.0 Å². The molecular formula is C20H23N7OS. The molecule has 29 heavy (non-hydrogen) atoms. The maximum Gasteiger partial charge on any atom is 0.220 e. The van der Waals surface area contributed by atoms with Gasteiger partial charge in [-0.3, -0.25) is 9.78 Å². The molecule has 0 aliphatic carbocycles. The fraction of sp³-hybridized carbons (Fsp3) is 0.350. The molecule has 1 saturated heterocycles. The first-order chi connectivity index (χ1) is 14.0. The van der Waals surface area contributed by atoms with Gasteiger partial charge in [-0.2, -0.15) is 0 Å². The van der Waals surface area contributed by atoms with E-state index in [2.05, 4.69) is 30.2 Å². The summed E-state index contributed by atoms with van der Waals surface area (Å²) in [5, 5.41) is 4.06. The third-order valence-corrected chi connectivity index (χ3v) is 6.20. The van der Waals surface area contributed by atoms with Crippen molar-refractivity contribution in [2.45, 2.75) is 20.3 Å². The zero-order chi connectivity index (χ0) is 20.4. The number of hydrogen-bond acceptors (Lipinski definition) is 8. The van der Waals surface area contributed by atoms with E-state index in [1.165, 1.54) is 0 Å². The summed E-state index contributed by atoms with van der Waals surface area (Å²) in [4.78, 5) is 32.3. The van der Waals surface area contributed by atoms with Gasteiger partial charge < -0.3 is 16.0 Å². The van der Waals surface area contributed by atoms with Crippen LogP contribution in [-0.4, -0.2) is 38.9 Å². The Bertz CT molecular complexity index is 1010. The first kappa shape index (κ1) is 19.3. The van der Waals surface area contributed by atoms with Crippen molar-refractivity contribution in [2.24, 2.45) is 17.6 Å². The Morgan fingerprint density at radius 1 is 1.34 bits per heavy atom. The van der Waals surface area contributed by atoms with E-state index in [9.17, 15) is 4.79 Å². The van der Waals surface area contributed by atoms with Crippen molar-refractivity contribution >= 4 is 34.0 Å². The van der Waals surface area contributed by atoms with E-state index in [0.29, 0.717) is 11.6 Å². The summed E-state index contributed by atoms with van der Waals surface area (Å²) in [5.41, 5.74) is 6.56. The number of nitrogens with one attached hydrogen (secondary N) is 1. The first-order valence-electron chi connectivity index (χ1n) is 9.53. The van der Waals surface area contributed by atoms with Crippen LogP contribution in [0.2, 0.25) is 0 Å². The number of pyridine rings is 1. The van der Waals surface area contributed by atoms with Gasteiger partial charge in [-0.15, -0.1) is 0 Å². The smallest absolute Gasteiger partial charge is 0.220 e. The molecule has 9 heteroatoms. The van der Waals surface area contributed by atoms with Crippen LogP contribution in [0, 0.1) is 18.8 Å². The summed E-state index contributed by atoms with van der Waals surface area (Å²) in [6.45, 7) is 5.39. The molecule has 1 aliphatic rings. The van der Waals surface area contributed by atoms with Crippen LogP contribution in [0.25, 0.3) is 10.4 Å². The molecular weight excluding hydrogens is 386 g/mol. The van der Waals surface area contributed by atoms with Gasteiger partial charge in [-0.1, -0.05) is 18.3 Å². The Labute approximate surface area is 173 Å². The molecule has 1 aliphatic heterocycles. The number of nitrogens with two attached hydrogens (primary N) is 1.